The molecule has 90 valence electrons. The molecule has 2 N–H and O–H groups in total. The summed E-state index contributed by atoms with van der Waals surface area (Å²) in [6.07, 6.45) is 2.31. The number of nitrogens with one attached hydrogen (secondary N) is 2. The van der Waals surface area contributed by atoms with E-state index in [9.17, 15) is 4.79 Å². The van der Waals surface area contributed by atoms with Gasteiger partial charge in [0.2, 0.25) is 0 Å². The summed E-state index contributed by atoms with van der Waals surface area (Å²) in [6.45, 7) is 2.42. The molecule has 0 saturated heterocycles. The summed E-state index contributed by atoms with van der Waals surface area (Å²) < 4.78 is 1.81. The van der Waals surface area contributed by atoms with Crippen molar-refractivity contribution in [2.24, 2.45) is 7.05 Å². The van der Waals surface area contributed by atoms with Crippen LogP contribution in [-0.4, -0.2) is 24.7 Å². The van der Waals surface area contributed by atoms with Crippen LogP contribution in [0.5, 0.6) is 0 Å². The zero-order valence-electron chi connectivity index (χ0n) is 9.77. The van der Waals surface area contributed by atoms with Crippen molar-refractivity contribution in [1.82, 2.24) is 24.7 Å². The zero-order valence-corrected chi connectivity index (χ0v) is 9.77. The van der Waals surface area contributed by atoms with Crippen molar-refractivity contribution in [3.8, 4) is 0 Å². The molecule has 7 nitrogen and oxygen atoms in total. The highest BCUT2D eigenvalue weighted by Gasteiger charge is 2.02. The van der Waals surface area contributed by atoms with Crippen LogP contribution < -0.4 is 10.9 Å². The maximum atomic E-state index is 11.3. The molecule has 2 aromatic rings. The van der Waals surface area contributed by atoms with Gasteiger partial charge in [0, 0.05) is 19.5 Å². The second kappa shape index (κ2) is 4.77. The molecule has 2 aromatic heterocycles. The van der Waals surface area contributed by atoms with E-state index in [4.69, 9.17) is 0 Å². The third-order valence-corrected chi connectivity index (χ3v) is 2.36. The Bertz CT molecular complexity index is 558. The SMILES string of the molecule is CCc1nc(NCc2nncn2C)cc(=O)[nH]1. The number of hydrogen-bond acceptors (Lipinski definition) is 5. The Labute approximate surface area is 97.9 Å². The molecule has 2 rings (SSSR count). The second-order valence-electron chi connectivity index (χ2n) is 3.64. The van der Waals surface area contributed by atoms with Crippen molar-refractivity contribution in [2.75, 3.05) is 5.32 Å². The van der Waals surface area contributed by atoms with E-state index in [1.54, 1.807) is 10.9 Å². The van der Waals surface area contributed by atoms with Crippen LogP contribution in [0.4, 0.5) is 5.82 Å². The van der Waals surface area contributed by atoms with Crippen LogP contribution in [0.15, 0.2) is 17.2 Å². The summed E-state index contributed by atoms with van der Waals surface area (Å²) in [6, 6.07) is 1.43. The van der Waals surface area contributed by atoms with Gasteiger partial charge < -0.3 is 14.9 Å². The summed E-state index contributed by atoms with van der Waals surface area (Å²) in [5.74, 6) is 2.00. The molecule has 17 heavy (non-hydrogen) atoms. The molecule has 0 amide bonds. The van der Waals surface area contributed by atoms with E-state index in [1.165, 1.54) is 6.07 Å². The van der Waals surface area contributed by atoms with Gasteiger partial charge in [-0.25, -0.2) is 4.98 Å². The van der Waals surface area contributed by atoms with Gasteiger partial charge in [-0.3, -0.25) is 4.79 Å². The lowest BCUT2D eigenvalue weighted by Gasteiger charge is -2.05. The third kappa shape index (κ3) is 2.68. The first-order chi connectivity index (χ1) is 8.19. The first-order valence-electron chi connectivity index (χ1n) is 5.36. The highest BCUT2D eigenvalue weighted by molar-refractivity contribution is 5.33. The Morgan fingerprint density at radius 3 is 3.00 bits per heavy atom. The predicted molar refractivity (Wildman–Crippen MR) is 62.6 cm³/mol. The topological polar surface area (TPSA) is 88.5 Å². The molecular formula is C10H14N6O. The van der Waals surface area contributed by atoms with Crippen LogP contribution in [0.1, 0.15) is 18.6 Å². The van der Waals surface area contributed by atoms with Crippen molar-refractivity contribution in [3.05, 3.63) is 34.4 Å². The average Bonchev–Trinajstić information content (AvgIpc) is 2.71. The molecule has 2 heterocycles. The first-order valence-corrected chi connectivity index (χ1v) is 5.36. The minimum Gasteiger partial charge on any atom is -0.363 e. The molecule has 0 spiro atoms. The number of nitrogens with zero attached hydrogens (tertiary/aromatic N) is 4. The van der Waals surface area contributed by atoms with E-state index in [1.807, 2.05) is 14.0 Å². The van der Waals surface area contributed by atoms with Crippen LogP contribution in [0.3, 0.4) is 0 Å². The van der Waals surface area contributed by atoms with Crippen LogP contribution in [0.2, 0.25) is 0 Å². The summed E-state index contributed by atoms with van der Waals surface area (Å²) in [4.78, 5) is 18.2. The van der Waals surface area contributed by atoms with Gasteiger partial charge in [0.25, 0.3) is 5.56 Å². The van der Waals surface area contributed by atoms with Gasteiger partial charge >= 0.3 is 0 Å². The summed E-state index contributed by atoms with van der Waals surface area (Å²) in [7, 11) is 1.86. The molecule has 0 aliphatic heterocycles. The molecule has 0 aliphatic rings. The first kappa shape index (κ1) is 11.3. The second-order valence-corrected chi connectivity index (χ2v) is 3.64. The van der Waals surface area contributed by atoms with Crippen molar-refractivity contribution in [3.63, 3.8) is 0 Å². The van der Waals surface area contributed by atoms with Gasteiger partial charge in [0.15, 0.2) is 5.82 Å². The molecule has 0 saturated carbocycles. The minimum absolute atomic E-state index is 0.155. The Morgan fingerprint density at radius 2 is 2.35 bits per heavy atom. The molecular weight excluding hydrogens is 220 g/mol. The van der Waals surface area contributed by atoms with E-state index in [2.05, 4.69) is 25.5 Å². The summed E-state index contributed by atoms with van der Waals surface area (Å²) in [5.41, 5.74) is -0.155. The zero-order chi connectivity index (χ0) is 12.3. The molecule has 0 fully saturated rings. The maximum absolute atomic E-state index is 11.3. The van der Waals surface area contributed by atoms with Gasteiger partial charge in [-0.2, -0.15) is 0 Å². The van der Waals surface area contributed by atoms with Gasteiger partial charge in [-0.1, -0.05) is 6.92 Å². The van der Waals surface area contributed by atoms with Crippen LogP contribution >= 0.6 is 0 Å². The van der Waals surface area contributed by atoms with Gasteiger partial charge in [-0.05, 0) is 0 Å². The Hall–Kier alpha value is -2.18. The Morgan fingerprint density at radius 1 is 1.53 bits per heavy atom. The largest absolute Gasteiger partial charge is 0.363 e. The maximum Gasteiger partial charge on any atom is 0.252 e. The molecule has 0 atom stereocenters. The van der Waals surface area contributed by atoms with Gasteiger partial charge in [0.1, 0.15) is 18.0 Å². The lowest BCUT2D eigenvalue weighted by atomic mass is 10.4. The lowest BCUT2D eigenvalue weighted by molar-refractivity contribution is 0.807. The van der Waals surface area contributed by atoms with Crippen LogP contribution in [0, 0.1) is 0 Å². The fourth-order valence-electron chi connectivity index (χ4n) is 1.40. The van der Waals surface area contributed by atoms with E-state index in [0.717, 1.165) is 5.82 Å². The molecule has 0 aliphatic carbocycles. The fourth-order valence-corrected chi connectivity index (χ4v) is 1.40. The number of rotatable bonds is 4. The fraction of sp³-hybridized carbons (Fsp3) is 0.400. The Balaban J connectivity index is 2.11. The van der Waals surface area contributed by atoms with Gasteiger partial charge in [-0.15, -0.1) is 10.2 Å². The monoisotopic (exact) mass is 234 g/mol. The van der Waals surface area contributed by atoms with Crippen molar-refractivity contribution in [2.45, 2.75) is 19.9 Å². The number of aromatic nitrogens is 5. The number of hydrogen-bond donors (Lipinski definition) is 2. The third-order valence-electron chi connectivity index (χ3n) is 2.36. The van der Waals surface area contributed by atoms with Gasteiger partial charge in [0.05, 0.1) is 6.54 Å². The number of aryl methyl sites for hydroxylation is 2. The van der Waals surface area contributed by atoms with E-state index < -0.39 is 0 Å². The summed E-state index contributed by atoms with van der Waals surface area (Å²) in [5, 5.41) is 10.8. The van der Waals surface area contributed by atoms with Crippen molar-refractivity contribution in [1.29, 1.82) is 0 Å². The normalized spacial score (nSPS) is 10.5. The average molecular weight is 234 g/mol. The molecule has 0 radical (unpaired) electrons. The quantitative estimate of drug-likeness (QED) is 0.781. The smallest absolute Gasteiger partial charge is 0.252 e. The molecule has 7 heteroatoms. The number of anilines is 1. The highest BCUT2D eigenvalue weighted by atomic mass is 16.1. The van der Waals surface area contributed by atoms with Crippen molar-refractivity contribution < 1.29 is 0 Å². The minimum atomic E-state index is -0.155. The molecule has 0 aromatic carbocycles. The lowest BCUT2D eigenvalue weighted by Crippen LogP contribution is -2.14. The molecule has 0 unspecified atom stereocenters. The van der Waals surface area contributed by atoms with Crippen LogP contribution in [0.25, 0.3) is 0 Å². The Kier molecular flexibility index (Phi) is 3.17. The molecule has 0 bridgehead atoms. The van der Waals surface area contributed by atoms with Crippen LogP contribution in [-0.2, 0) is 20.0 Å². The predicted octanol–water partition coefficient (Wildman–Crippen LogP) is 0.0729. The van der Waals surface area contributed by atoms with E-state index in [-0.39, 0.29) is 5.56 Å². The summed E-state index contributed by atoms with van der Waals surface area (Å²) >= 11 is 0. The van der Waals surface area contributed by atoms with E-state index >= 15 is 0 Å². The highest BCUT2D eigenvalue weighted by Crippen LogP contribution is 2.02. The number of aromatic amines is 1. The van der Waals surface area contributed by atoms with Crippen molar-refractivity contribution >= 4 is 5.82 Å². The standard InChI is InChI=1S/C10H14N6O/c1-3-7-13-8(4-10(17)14-7)11-5-9-15-12-6-16(9)2/h4,6H,3,5H2,1-2H3,(H2,11,13,14,17). The number of H-pyrrole nitrogens is 1. The van der Waals surface area contributed by atoms with E-state index in [0.29, 0.717) is 24.6 Å².